The van der Waals surface area contributed by atoms with E-state index in [1.165, 1.54) is 0 Å². The third kappa shape index (κ3) is 2.21. The van der Waals surface area contributed by atoms with Gasteiger partial charge in [0, 0.05) is 6.42 Å². The molecule has 0 aromatic heterocycles. The van der Waals surface area contributed by atoms with Gasteiger partial charge in [-0.2, -0.15) is 0 Å². The molecule has 1 saturated carbocycles. The van der Waals surface area contributed by atoms with Crippen molar-refractivity contribution in [2.24, 2.45) is 5.14 Å². The van der Waals surface area contributed by atoms with Crippen LogP contribution in [0.15, 0.2) is 24.3 Å². The molecule has 0 bridgehead atoms. The minimum absolute atomic E-state index is 0.0227. The van der Waals surface area contributed by atoms with Gasteiger partial charge in [0.1, 0.15) is 0 Å². The molecular formula is C11H17NO3S. The third-order valence-electron chi connectivity index (χ3n) is 3.15. The maximum atomic E-state index is 11.7. The predicted molar refractivity (Wildman–Crippen MR) is 62.1 cm³/mol. The molecule has 1 fully saturated rings. The smallest absolute Gasteiger partial charge is 0.243 e. The highest BCUT2D eigenvalue weighted by molar-refractivity contribution is 7.90. The molecule has 90 valence electrons. The van der Waals surface area contributed by atoms with E-state index in [0.717, 1.165) is 25.7 Å². The summed E-state index contributed by atoms with van der Waals surface area (Å²) in [7, 11) is -3.74. The SMILES string of the molecule is NS(=O)(=O)C1(OC2CCCC2)C=CC=CC1. The summed E-state index contributed by atoms with van der Waals surface area (Å²) in [6, 6.07) is 0. The number of hydrogen-bond acceptors (Lipinski definition) is 3. The van der Waals surface area contributed by atoms with E-state index in [1.807, 2.05) is 0 Å². The van der Waals surface area contributed by atoms with E-state index in [9.17, 15) is 8.42 Å². The first-order valence-electron chi connectivity index (χ1n) is 5.58. The molecule has 0 aromatic carbocycles. The lowest BCUT2D eigenvalue weighted by molar-refractivity contribution is -0.00853. The van der Waals surface area contributed by atoms with Crippen LogP contribution in [-0.4, -0.2) is 19.5 Å². The van der Waals surface area contributed by atoms with Gasteiger partial charge in [-0.25, -0.2) is 13.6 Å². The topological polar surface area (TPSA) is 69.4 Å². The summed E-state index contributed by atoms with van der Waals surface area (Å²) in [5.41, 5.74) is 0. The standard InChI is InChI=1S/C11H17NO3S/c12-16(13,14)11(8-4-1-5-9-11)15-10-6-2-3-7-10/h1,4-5,8,10H,2-3,6-7,9H2,(H2,12,13,14). The molecule has 0 heterocycles. The van der Waals surface area contributed by atoms with Gasteiger partial charge in [0.15, 0.2) is 0 Å². The van der Waals surface area contributed by atoms with Gasteiger partial charge in [0.2, 0.25) is 15.0 Å². The van der Waals surface area contributed by atoms with Crippen molar-refractivity contribution >= 4 is 10.0 Å². The molecule has 1 atom stereocenters. The quantitative estimate of drug-likeness (QED) is 0.815. The van der Waals surface area contributed by atoms with Gasteiger partial charge in [0.05, 0.1) is 6.10 Å². The third-order valence-corrected chi connectivity index (χ3v) is 4.51. The number of primary sulfonamides is 1. The van der Waals surface area contributed by atoms with Crippen molar-refractivity contribution in [1.82, 2.24) is 0 Å². The number of allylic oxidation sites excluding steroid dienone is 2. The molecule has 2 rings (SSSR count). The van der Waals surface area contributed by atoms with Crippen molar-refractivity contribution in [1.29, 1.82) is 0 Å². The predicted octanol–water partition coefficient (Wildman–Crippen LogP) is 1.45. The first kappa shape index (κ1) is 11.8. The van der Waals surface area contributed by atoms with Crippen LogP contribution in [-0.2, 0) is 14.8 Å². The van der Waals surface area contributed by atoms with E-state index < -0.39 is 15.0 Å². The van der Waals surface area contributed by atoms with Crippen molar-refractivity contribution < 1.29 is 13.2 Å². The highest BCUT2D eigenvalue weighted by Crippen LogP contribution is 2.33. The molecule has 2 N–H and O–H groups in total. The summed E-state index contributed by atoms with van der Waals surface area (Å²) >= 11 is 0. The molecule has 0 aliphatic heterocycles. The average Bonchev–Trinajstić information content (AvgIpc) is 2.70. The molecular weight excluding hydrogens is 226 g/mol. The fourth-order valence-corrected chi connectivity index (χ4v) is 3.10. The lowest BCUT2D eigenvalue weighted by atomic mass is 10.1. The number of nitrogens with two attached hydrogens (primary N) is 1. The van der Waals surface area contributed by atoms with E-state index in [1.54, 1.807) is 24.3 Å². The Hall–Kier alpha value is -0.650. The maximum Gasteiger partial charge on any atom is 0.243 e. The lowest BCUT2D eigenvalue weighted by Gasteiger charge is -2.31. The lowest BCUT2D eigenvalue weighted by Crippen LogP contribution is -2.46. The van der Waals surface area contributed by atoms with Gasteiger partial charge < -0.3 is 4.74 Å². The van der Waals surface area contributed by atoms with Crippen molar-refractivity contribution in [3.05, 3.63) is 24.3 Å². The van der Waals surface area contributed by atoms with Crippen molar-refractivity contribution in [2.45, 2.75) is 43.1 Å². The Bertz CT molecular complexity index is 407. The van der Waals surface area contributed by atoms with Gasteiger partial charge in [-0.1, -0.05) is 31.1 Å². The number of ether oxygens (including phenoxy) is 1. The zero-order valence-electron chi connectivity index (χ0n) is 9.13. The molecule has 0 radical (unpaired) electrons. The highest BCUT2D eigenvalue weighted by Gasteiger charge is 2.42. The second-order valence-corrected chi connectivity index (χ2v) is 6.15. The summed E-state index contributed by atoms with van der Waals surface area (Å²) in [5.74, 6) is 0. The van der Waals surface area contributed by atoms with E-state index in [4.69, 9.17) is 9.88 Å². The molecule has 0 amide bonds. The number of sulfonamides is 1. The van der Waals surface area contributed by atoms with Gasteiger partial charge in [-0.05, 0) is 18.9 Å². The normalized spacial score (nSPS) is 31.1. The average molecular weight is 243 g/mol. The van der Waals surface area contributed by atoms with Gasteiger partial charge in [-0.15, -0.1) is 0 Å². The van der Waals surface area contributed by atoms with Crippen LogP contribution in [0.1, 0.15) is 32.1 Å². The second kappa shape index (κ2) is 4.31. The Morgan fingerprint density at radius 2 is 1.94 bits per heavy atom. The molecule has 16 heavy (non-hydrogen) atoms. The Balaban J connectivity index is 2.21. The van der Waals surface area contributed by atoms with Crippen LogP contribution in [0.25, 0.3) is 0 Å². The first-order valence-corrected chi connectivity index (χ1v) is 7.13. The summed E-state index contributed by atoms with van der Waals surface area (Å²) < 4.78 is 29.1. The summed E-state index contributed by atoms with van der Waals surface area (Å²) in [6.07, 6.45) is 11.2. The molecule has 0 aromatic rings. The van der Waals surface area contributed by atoms with Crippen LogP contribution in [0.2, 0.25) is 0 Å². The van der Waals surface area contributed by atoms with Gasteiger partial charge in [0.25, 0.3) is 0 Å². The molecule has 5 heteroatoms. The summed E-state index contributed by atoms with van der Waals surface area (Å²) in [6.45, 7) is 0. The fraction of sp³-hybridized carbons (Fsp3) is 0.636. The van der Waals surface area contributed by atoms with Crippen LogP contribution >= 0.6 is 0 Å². The van der Waals surface area contributed by atoms with Crippen LogP contribution in [0.5, 0.6) is 0 Å². The molecule has 1 unspecified atom stereocenters. The zero-order valence-corrected chi connectivity index (χ0v) is 9.95. The van der Waals surface area contributed by atoms with E-state index in [0.29, 0.717) is 6.42 Å². The highest BCUT2D eigenvalue weighted by atomic mass is 32.2. The number of rotatable bonds is 3. The Morgan fingerprint density at radius 3 is 2.44 bits per heavy atom. The Labute approximate surface area is 96.2 Å². The summed E-state index contributed by atoms with van der Waals surface area (Å²) in [4.78, 5) is -1.34. The molecule has 2 aliphatic rings. The Morgan fingerprint density at radius 1 is 1.25 bits per heavy atom. The minimum atomic E-state index is -3.74. The van der Waals surface area contributed by atoms with Crippen molar-refractivity contribution in [2.75, 3.05) is 0 Å². The minimum Gasteiger partial charge on any atom is -0.351 e. The van der Waals surface area contributed by atoms with E-state index >= 15 is 0 Å². The van der Waals surface area contributed by atoms with Crippen molar-refractivity contribution in [3.63, 3.8) is 0 Å². The van der Waals surface area contributed by atoms with E-state index in [-0.39, 0.29) is 6.10 Å². The van der Waals surface area contributed by atoms with Crippen LogP contribution in [0.4, 0.5) is 0 Å². The fourth-order valence-electron chi connectivity index (χ4n) is 2.23. The van der Waals surface area contributed by atoms with E-state index in [2.05, 4.69) is 0 Å². The molecule has 4 nitrogen and oxygen atoms in total. The maximum absolute atomic E-state index is 11.7. The van der Waals surface area contributed by atoms with Crippen LogP contribution in [0.3, 0.4) is 0 Å². The Kier molecular flexibility index (Phi) is 3.19. The van der Waals surface area contributed by atoms with Crippen molar-refractivity contribution in [3.8, 4) is 0 Å². The second-order valence-electron chi connectivity index (χ2n) is 4.37. The summed E-state index contributed by atoms with van der Waals surface area (Å²) in [5, 5.41) is 5.29. The first-order chi connectivity index (χ1) is 7.54. The zero-order chi connectivity index (χ0) is 11.6. The number of hydrogen-bond donors (Lipinski definition) is 1. The molecule has 0 spiro atoms. The van der Waals surface area contributed by atoms with Crippen LogP contribution < -0.4 is 5.14 Å². The largest absolute Gasteiger partial charge is 0.351 e. The monoisotopic (exact) mass is 243 g/mol. The van der Waals surface area contributed by atoms with Gasteiger partial charge >= 0.3 is 0 Å². The van der Waals surface area contributed by atoms with Crippen LogP contribution in [0, 0.1) is 0 Å². The molecule has 2 aliphatic carbocycles. The van der Waals surface area contributed by atoms with Gasteiger partial charge in [-0.3, -0.25) is 0 Å². The molecule has 0 saturated heterocycles.